The molecule has 0 nitrogen and oxygen atoms in total. The summed E-state index contributed by atoms with van der Waals surface area (Å²) in [5, 5.41) is 0. The second-order valence-corrected chi connectivity index (χ2v) is 7.08. The first-order chi connectivity index (χ1) is 6.04. The SMILES string of the molecule is CC(C)(C)c1ccc(SP=S)cc1. The lowest BCUT2D eigenvalue weighted by Gasteiger charge is -2.18. The van der Waals surface area contributed by atoms with Gasteiger partial charge in [-0.3, -0.25) is 0 Å². The first-order valence-corrected chi connectivity index (χ1v) is 7.47. The van der Waals surface area contributed by atoms with Crippen LogP contribution >= 0.6 is 17.9 Å². The summed E-state index contributed by atoms with van der Waals surface area (Å²) in [5.74, 6) is 0. The largest absolute Gasteiger partial charge is 0.0574 e. The van der Waals surface area contributed by atoms with Crippen molar-refractivity contribution in [1.29, 1.82) is 0 Å². The van der Waals surface area contributed by atoms with Gasteiger partial charge in [-0.2, -0.15) is 0 Å². The predicted molar refractivity (Wildman–Crippen MR) is 65.3 cm³/mol. The van der Waals surface area contributed by atoms with Gasteiger partial charge in [-0.25, -0.2) is 0 Å². The summed E-state index contributed by atoms with van der Waals surface area (Å²) in [6.45, 7) is 7.61. The smallest absolute Gasteiger partial charge is 0.0482 e. The molecule has 0 unspecified atom stereocenters. The van der Waals surface area contributed by atoms with Crippen molar-refractivity contribution in [1.82, 2.24) is 0 Å². The van der Waals surface area contributed by atoms with Gasteiger partial charge in [-0.1, -0.05) is 44.3 Å². The van der Waals surface area contributed by atoms with Gasteiger partial charge in [0, 0.05) is 11.5 Å². The Balaban J connectivity index is 2.87. The molecule has 0 spiro atoms. The first kappa shape index (κ1) is 11.2. The fourth-order valence-corrected chi connectivity index (χ4v) is 2.80. The number of benzene rings is 1. The molecule has 0 amide bonds. The molecule has 1 rings (SSSR count). The van der Waals surface area contributed by atoms with Crippen molar-refractivity contribution < 1.29 is 0 Å². The maximum Gasteiger partial charge on any atom is 0.0482 e. The summed E-state index contributed by atoms with van der Waals surface area (Å²) in [6.07, 6.45) is 0. The minimum atomic E-state index is 0.245. The highest BCUT2D eigenvalue weighted by Crippen LogP contribution is 2.31. The van der Waals surface area contributed by atoms with Crippen molar-refractivity contribution in [2.75, 3.05) is 0 Å². The van der Waals surface area contributed by atoms with Crippen LogP contribution in [-0.4, -0.2) is 0 Å². The van der Waals surface area contributed by atoms with E-state index in [2.05, 4.69) is 45.0 Å². The van der Waals surface area contributed by atoms with Gasteiger partial charge in [0.25, 0.3) is 0 Å². The van der Waals surface area contributed by atoms with Crippen LogP contribution in [0.15, 0.2) is 29.2 Å². The quantitative estimate of drug-likeness (QED) is 0.688. The van der Waals surface area contributed by atoms with E-state index in [0.717, 1.165) is 6.56 Å². The van der Waals surface area contributed by atoms with Crippen LogP contribution in [0, 0.1) is 0 Å². The van der Waals surface area contributed by atoms with Gasteiger partial charge in [0.05, 0.1) is 0 Å². The molecule has 1 aromatic rings. The zero-order valence-electron chi connectivity index (χ0n) is 8.07. The van der Waals surface area contributed by atoms with E-state index in [1.54, 1.807) is 11.4 Å². The zero-order valence-corrected chi connectivity index (χ0v) is 10.6. The van der Waals surface area contributed by atoms with Crippen LogP contribution in [0.25, 0.3) is 0 Å². The average Bonchev–Trinajstić information content (AvgIpc) is 2.04. The summed E-state index contributed by atoms with van der Waals surface area (Å²) in [6, 6.07) is 8.65. The summed E-state index contributed by atoms with van der Waals surface area (Å²) >= 11 is 6.56. The van der Waals surface area contributed by atoms with E-state index in [4.69, 9.17) is 11.8 Å². The minimum absolute atomic E-state index is 0.245. The molecule has 70 valence electrons. The number of hydrogen-bond donors (Lipinski definition) is 0. The van der Waals surface area contributed by atoms with E-state index in [9.17, 15) is 0 Å². The summed E-state index contributed by atoms with van der Waals surface area (Å²) in [4.78, 5) is 1.25. The van der Waals surface area contributed by atoms with Crippen molar-refractivity contribution in [2.24, 2.45) is 0 Å². The van der Waals surface area contributed by atoms with Crippen molar-refractivity contribution >= 4 is 29.7 Å². The fraction of sp³-hybridized carbons (Fsp3) is 0.400. The molecule has 0 bridgehead atoms. The zero-order chi connectivity index (χ0) is 9.90. The molecule has 0 N–H and O–H groups in total. The third kappa shape index (κ3) is 3.38. The third-order valence-electron chi connectivity index (χ3n) is 1.86. The second kappa shape index (κ2) is 4.54. The molecule has 13 heavy (non-hydrogen) atoms. The predicted octanol–water partition coefficient (Wildman–Crippen LogP) is 4.40. The Bertz CT molecular complexity index is 285. The molecule has 0 aromatic heterocycles. The van der Waals surface area contributed by atoms with Crippen LogP contribution in [0.3, 0.4) is 0 Å². The van der Waals surface area contributed by atoms with E-state index in [1.807, 2.05) is 0 Å². The molecule has 0 fully saturated rings. The van der Waals surface area contributed by atoms with E-state index in [-0.39, 0.29) is 5.41 Å². The highest BCUT2D eigenvalue weighted by molar-refractivity contribution is 8.58. The molecule has 0 aliphatic heterocycles. The van der Waals surface area contributed by atoms with Gasteiger partial charge < -0.3 is 0 Å². The van der Waals surface area contributed by atoms with Gasteiger partial charge in [0.1, 0.15) is 0 Å². The Morgan fingerprint density at radius 1 is 1.15 bits per heavy atom. The monoisotopic (exact) mass is 228 g/mol. The standard InChI is InChI=1S/C10H13PS2/c1-10(2,3)8-4-6-9(7-5-8)13-11-12/h4-7H,1-3H3. The van der Waals surface area contributed by atoms with Gasteiger partial charge in [-0.05, 0) is 34.9 Å². The van der Waals surface area contributed by atoms with Gasteiger partial charge in [0.2, 0.25) is 0 Å². The van der Waals surface area contributed by atoms with Crippen LogP contribution in [0.1, 0.15) is 26.3 Å². The lowest BCUT2D eigenvalue weighted by Crippen LogP contribution is -2.10. The maximum absolute atomic E-state index is 4.88. The highest BCUT2D eigenvalue weighted by atomic mass is 32.9. The van der Waals surface area contributed by atoms with E-state index < -0.39 is 0 Å². The Hall–Kier alpha value is 0.0900. The van der Waals surface area contributed by atoms with Gasteiger partial charge >= 0.3 is 0 Å². The molecule has 0 aliphatic rings. The average molecular weight is 228 g/mol. The van der Waals surface area contributed by atoms with Crippen LogP contribution in [0.4, 0.5) is 0 Å². The van der Waals surface area contributed by atoms with Crippen LogP contribution < -0.4 is 0 Å². The van der Waals surface area contributed by atoms with E-state index in [1.165, 1.54) is 10.5 Å². The molecule has 1 aromatic carbocycles. The normalized spacial score (nSPS) is 11.9. The lowest BCUT2D eigenvalue weighted by atomic mass is 9.87. The molecule has 0 radical (unpaired) electrons. The van der Waals surface area contributed by atoms with E-state index >= 15 is 0 Å². The molecule has 0 saturated heterocycles. The van der Waals surface area contributed by atoms with Crippen LogP contribution in [-0.2, 0) is 17.2 Å². The topological polar surface area (TPSA) is 0 Å². The number of hydrogen-bond acceptors (Lipinski definition) is 2. The lowest BCUT2D eigenvalue weighted by molar-refractivity contribution is 0.590. The van der Waals surface area contributed by atoms with Crippen LogP contribution in [0.2, 0.25) is 0 Å². The Labute approximate surface area is 90.7 Å². The molecular formula is C10H13PS2. The van der Waals surface area contributed by atoms with Crippen LogP contribution in [0.5, 0.6) is 0 Å². The van der Waals surface area contributed by atoms with Crippen molar-refractivity contribution in [2.45, 2.75) is 31.1 Å². The summed E-state index contributed by atoms with van der Waals surface area (Å²) in [7, 11) is 0. The van der Waals surface area contributed by atoms with Crippen molar-refractivity contribution in [3.8, 4) is 0 Å². The number of rotatable bonds is 2. The van der Waals surface area contributed by atoms with Gasteiger partial charge in [-0.15, -0.1) is 0 Å². The van der Waals surface area contributed by atoms with E-state index in [0.29, 0.717) is 0 Å². The molecule has 3 heteroatoms. The molecular weight excluding hydrogens is 215 g/mol. The molecule has 0 atom stereocenters. The second-order valence-electron chi connectivity index (χ2n) is 3.94. The summed E-state index contributed by atoms with van der Waals surface area (Å²) < 4.78 is 0. The minimum Gasteiger partial charge on any atom is -0.0574 e. The van der Waals surface area contributed by atoms with Gasteiger partial charge in [0.15, 0.2) is 0 Å². The maximum atomic E-state index is 4.88. The Kier molecular flexibility index (Phi) is 3.90. The summed E-state index contributed by atoms with van der Waals surface area (Å²) in [5.41, 5.74) is 1.62. The first-order valence-electron chi connectivity index (χ1n) is 4.14. The highest BCUT2D eigenvalue weighted by Gasteiger charge is 2.12. The fourth-order valence-electron chi connectivity index (χ4n) is 1.06. The Morgan fingerprint density at radius 2 is 1.69 bits per heavy atom. The molecule has 0 aliphatic carbocycles. The molecule has 0 saturated carbocycles. The van der Waals surface area contributed by atoms with Crippen molar-refractivity contribution in [3.05, 3.63) is 29.8 Å². The molecule has 0 heterocycles. The Morgan fingerprint density at radius 3 is 2.08 bits per heavy atom. The third-order valence-corrected chi connectivity index (χ3v) is 3.95. The van der Waals surface area contributed by atoms with Crippen molar-refractivity contribution in [3.63, 3.8) is 0 Å².